The van der Waals surface area contributed by atoms with E-state index >= 15 is 0 Å². The minimum atomic E-state index is -1.30. The van der Waals surface area contributed by atoms with Gasteiger partial charge in [-0.1, -0.05) is 0 Å². The standard InChI is InChI=1S/C14H11FN2O4/c15-11-5-7(16)1-3-9(11)13(19)17-8-2-4-10(14(20)21)12(18)6-8/h1-6,18H,16H2,(H,17,19)(H,20,21). The lowest BCUT2D eigenvalue weighted by atomic mass is 10.1. The zero-order valence-corrected chi connectivity index (χ0v) is 10.6. The van der Waals surface area contributed by atoms with Crippen molar-refractivity contribution in [2.24, 2.45) is 0 Å². The molecule has 0 saturated carbocycles. The molecule has 7 heteroatoms. The van der Waals surface area contributed by atoms with Crippen molar-refractivity contribution >= 4 is 23.3 Å². The van der Waals surface area contributed by atoms with Crippen molar-refractivity contribution in [1.29, 1.82) is 0 Å². The van der Waals surface area contributed by atoms with Crippen molar-refractivity contribution in [3.05, 3.63) is 53.3 Å². The van der Waals surface area contributed by atoms with Crippen LogP contribution in [0.1, 0.15) is 20.7 Å². The number of halogens is 1. The molecular formula is C14H11FN2O4. The molecule has 2 aromatic rings. The highest BCUT2D eigenvalue weighted by Crippen LogP contribution is 2.23. The lowest BCUT2D eigenvalue weighted by Gasteiger charge is -2.08. The smallest absolute Gasteiger partial charge is 0.339 e. The van der Waals surface area contributed by atoms with Gasteiger partial charge in [0.2, 0.25) is 0 Å². The highest BCUT2D eigenvalue weighted by molar-refractivity contribution is 6.05. The van der Waals surface area contributed by atoms with Gasteiger partial charge in [0.15, 0.2) is 0 Å². The molecule has 0 aliphatic carbocycles. The zero-order chi connectivity index (χ0) is 15.6. The molecule has 0 radical (unpaired) electrons. The summed E-state index contributed by atoms with van der Waals surface area (Å²) < 4.78 is 13.6. The summed E-state index contributed by atoms with van der Waals surface area (Å²) >= 11 is 0. The Labute approximate surface area is 118 Å². The third-order valence-electron chi connectivity index (χ3n) is 2.72. The summed E-state index contributed by atoms with van der Waals surface area (Å²) in [4.78, 5) is 22.6. The van der Waals surface area contributed by atoms with E-state index in [-0.39, 0.29) is 22.5 Å². The minimum absolute atomic E-state index is 0.138. The van der Waals surface area contributed by atoms with Crippen LogP contribution in [0.4, 0.5) is 15.8 Å². The molecule has 2 rings (SSSR count). The molecule has 0 aliphatic rings. The molecule has 6 nitrogen and oxygen atoms in total. The first kappa shape index (κ1) is 14.3. The number of nitrogens with two attached hydrogens (primary N) is 1. The maximum Gasteiger partial charge on any atom is 0.339 e. The summed E-state index contributed by atoms with van der Waals surface area (Å²) in [5, 5.41) is 20.6. The number of hydrogen-bond acceptors (Lipinski definition) is 4. The largest absolute Gasteiger partial charge is 0.507 e. The number of rotatable bonds is 3. The first-order valence-corrected chi connectivity index (χ1v) is 5.81. The number of aromatic carboxylic acids is 1. The molecule has 0 spiro atoms. The number of aromatic hydroxyl groups is 1. The van der Waals surface area contributed by atoms with Gasteiger partial charge >= 0.3 is 5.97 Å². The number of nitrogen functional groups attached to an aromatic ring is 1. The second-order valence-electron chi connectivity index (χ2n) is 4.23. The highest BCUT2D eigenvalue weighted by atomic mass is 19.1. The monoisotopic (exact) mass is 290 g/mol. The van der Waals surface area contributed by atoms with Crippen LogP contribution in [0.25, 0.3) is 0 Å². The van der Waals surface area contributed by atoms with Crippen molar-refractivity contribution in [2.75, 3.05) is 11.1 Å². The number of carbonyl (C=O) groups excluding carboxylic acids is 1. The van der Waals surface area contributed by atoms with E-state index in [1.165, 1.54) is 18.2 Å². The predicted octanol–water partition coefficient (Wildman–Crippen LogP) is 2.06. The molecule has 5 N–H and O–H groups in total. The third kappa shape index (κ3) is 3.08. The molecule has 0 unspecified atom stereocenters. The van der Waals surface area contributed by atoms with Crippen LogP contribution < -0.4 is 11.1 Å². The van der Waals surface area contributed by atoms with Gasteiger partial charge in [0.05, 0.1) is 5.56 Å². The molecule has 0 atom stereocenters. The van der Waals surface area contributed by atoms with E-state index in [2.05, 4.69) is 5.32 Å². The van der Waals surface area contributed by atoms with E-state index in [0.717, 1.165) is 18.2 Å². The maximum absolute atomic E-state index is 13.6. The van der Waals surface area contributed by atoms with Crippen molar-refractivity contribution < 1.29 is 24.2 Å². The zero-order valence-electron chi connectivity index (χ0n) is 10.6. The number of benzene rings is 2. The maximum atomic E-state index is 13.6. The van der Waals surface area contributed by atoms with Crippen LogP contribution in [0.15, 0.2) is 36.4 Å². The normalized spacial score (nSPS) is 10.1. The second kappa shape index (κ2) is 5.49. The average molecular weight is 290 g/mol. The Kier molecular flexibility index (Phi) is 3.75. The summed E-state index contributed by atoms with van der Waals surface area (Å²) in [6, 6.07) is 7.10. The van der Waals surface area contributed by atoms with Crippen LogP contribution in [0, 0.1) is 5.82 Å². The predicted molar refractivity (Wildman–Crippen MR) is 73.8 cm³/mol. The number of anilines is 2. The Hall–Kier alpha value is -3.09. The van der Waals surface area contributed by atoms with Crippen LogP contribution in [0.3, 0.4) is 0 Å². The molecule has 0 aliphatic heterocycles. The van der Waals surface area contributed by atoms with Crippen LogP contribution in [-0.4, -0.2) is 22.1 Å². The summed E-state index contributed by atoms with van der Waals surface area (Å²) in [5.74, 6) is -3.32. The lowest BCUT2D eigenvalue weighted by Crippen LogP contribution is -2.14. The van der Waals surface area contributed by atoms with E-state index < -0.39 is 23.4 Å². The van der Waals surface area contributed by atoms with Gasteiger partial charge in [-0.15, -0.1) is 0 Å². The van der Waals surface area contributed by atoms with Crippen molar-refractivity contribution in [3.8, 4) is 5.75 Å². The first-order valence-electron chi connectivity index (χ1n) is 5.81. The second-order valence-corrected chi connectivity index (χ2v) is 4.23. The lowest BCUT2D eigenvalue weighted by molar-refractivity contribution is 0.0693. The summed E-state index contributed by atoms with van der Waals surface area (Å²) in [7, 11) is 0. The molecular weight excluding hydrogens is 279 g/mol. The fourth-order valence-corrected chi connectivity index (χ4v) is 1.70. The van der Waals surface area contributed by atoms with E-state index in [1.807, 2.05) is 0 Å². The fourth-order valence-electron chi connectivity index (χ4n) is 1.70. The molecule has 0 fully saturated rings. The van der Waals surface area contributed by atoms with Crippen molar-refractivity contribution in [1.82, 2.24) is 0 Å². The van der Waals surface area contributed by atoms with Gasteiger partial charge in [-0.05, 0) is 30.3 Å². The number of carbonyl (C=O) groups is 2. The van der Waals surface area contributed by atoms with Crippen LogP contribution in [0.2, 0.25) is 0 Å². The Morgan fingerprint density at radius 3 is 2.33 bits per heavy atom. The Morgan fingerprint density at radius 2 is 1.76 bits per heavy atom. The van der Waals surface area contributed by atoms with Crippen LogP contribution in [0.5, 0.6) is 5.75 Å². The van der Waals surface area contributed by atoms with E-state index in [9.17, 15) is 19.1 Å². The summed E-state index contributed by atoms with van der Waals surface area (Å²) in [6.45, 7) is 0. The van der Waals surface area contributed by atoms with Crippen LogP contribution >= 0.6 is 0 Å². The van der Waals surface area contributed by atoms with Gasteiger partial charge in [0.1, 0.15) is 17.1 Å². The highest BCUT2D eigenvalue weighted by Gasteiger charge is 2.14. The Morgan fingerprint density at radius 1 is 1.10 bits per heavy atom. The Balaban J connectivity index is 2.23. The number of amides is 1. The number of carboxylic acid groups (broad SMARTS) is 1. The number of carboxylic acids is 1. The van der Waals surface area contributed by atoms with Gasteiger partial charge in [-0.25, -0.2) is 9.18 Å². The number of phenols is 1. The average Bonchev–Trinajstić information content (AvgIpc) is 2.37. The van der Waals surface area contributed by atoms with E-state index in [0.29, 0.717) is 0 Å². The molecule has 0 aromatic heterocycles. The van der Waals surface area contributed by atoms with E-state index in [4.69, 9.17) is 10.8 Å². The molecule has 21 heavy (non-hydrogen) atoms. The molecule has 0 heterocycles. The van der Waals surface area contributed by atoms with Gasteiger partial charge < -0.3 is 21.3 Å². The molecule has 0 bridgehead atoms. The third-order valence-corrected chi connectivity index (χ3v) is 2.72. The Bertz CT molecular complexity index is 731. The van der Waals surface area contributed by atoms with Crippen molar-refractivity contribution in [2.45, 2.75) is 0 Å². The fraction of sp³-hybridized carbons (Fsp3) is 0. The molecule has 0 saturated heterocycles. The van der Waals surface area contributed by atoms with Gasteiger partial charge in [-0.2, -0.15) is 0 Å². The SMILES string of the molecule is Nc1ccc(C(=O)Nc2ccc(C(=O)O)c(O)c2)c(F)c1. The molecule has 108 valence electrons. The van der Waals surface area contributed by atoms with Gasteiger partial charge in [-0.3, -0.25) is 4.79 Å². The minimum Gasteiger partial charge on any atom is -0.507 e. The summed E-state index contributed by atoms with van der Waals surface area (Å²) in [6.07, 6.45) is 0. The topological polar surface area (TPSA) is 113 Å². The number of hydrogen-bond donors (Lipinski definition) is 4. The van der Waals surface area contributed by atoms with Crippen molar-refractivity contribution in [3.63, 3.8) is 0 Å². The molecule has 2 aromatic carbocycles. The van der Waals surface area contributed by atoms with Gasteiger partial charge in [0.25, 0.3) is 5.91 Å². The molecule has 1 amide bonds. The van der Waals surface area contributed by atoms with Gasteiger partial charge in [0, 0.05) is 17.4 Å². The quantitative estimate of drug-likeness (QED) is 0.646. The van der Waals surface area contributed by atoms with Crippen LogP contribution in [-0.2, 0) is 0 Å². The van der Waals surface area contributed by atoms with E-state index in [1.54, 1.807) is 0 Å². The number of nitrogens with one attached hydrogen (secondary N) is 1. The summed E-state index contributed by atoms with van der Waals surface area (Å²) in [5.41, 5.74) is 5.19. The first-order chi connectivity index (χ1) is 9.88.